The first-order valence-electron chi connectivity index (χ1n) is 6.54. The highest BCUT2D eigenvalue weighted by atomic mass is 16.3. The first-order valence-corrected chi connectivity index (χ1v) is 6.54. The van der Waals surface area contributed by atoms with E-state index in [4.69, 9.17) is 4.42 Å². The summed E-state index contributed by atoms with van der Waals surface area (Å²) in [7, 11) is 0. The fraction of sp³-hybridized carbons (Fsp3) is 0.714. The van der Waals surface area contributed by atoms with Crippen molar-refractivity contribution in [2.24, 2.45) is 5.92 Å². The number of rotatable bonds is 5. The van der Waals surface area contributed by atoms with Gasteiger partial charge in [-0.05, 0) is 32.3 Å². The summed E-state index contributed by atoms with van der Waals surface area (Å²) in [5.74, 6) is 0.957. The Kier molecular flexibility index (Phi) is 4.05. The van der Waals surface area contributed by atoms with Crippen LogP contribution in [0, 0.1) is 5.92 Å². The van der Waals surface area contributed by atoms with Gasteiger partial charge < -0.3 is 9.73 Å². The van der Waals surface area contributed by atoms with Crippen LogP contribution in [0.1, 0.15) is 57.6 Å². The van der Waals surface area contributed by atoms with E-state index in [9.17, 15) is 0 Å². The van der Waals surface area contributed by atoms with Gasteiger partial charge in [0.15, 0.2) is 0 Å². The highest BCUT2D eigenvalue weighted by molar-refractivity contribution is 5.10. The van der Waals surface area contributed by atoms with Crippen molar-refractivity contribution < 1.29 is 4.42 Å². The van der Waals surface area contributed by atoms with Gasteiger partial charge in [-0.1, -0.05) is 25.7 Å². The summed E-state index contributed by atoms with van der Waals surface area (Å²) >= 11 is 0. The molecule has 0 saturated heterocycles. The highest BCUT2D eigenvalue weighted by Crippen LogP contribution is 2.29. The standard InChI is InChI=1S/C14H23NO/c1-11(9-13-5-3-4-6-13)15-12(2)14-7-8-16-10-14/h7-8,10-13,15H,3-6,9H2,1-2H3. The van der Waals surface area contributed by atoms with Gasteiger partial charge in [0.25, 0.3) is 0 Å². The summed E-state index contributed by atoms with van der Waals surface area (Å²) in [6, 6.07) is 3.04. The van der Waals surface area contributed by atoms with Crippen LogP contribution < -0.4 is 5.32 Å². The third kappa shape index (κ3) is 3.11. The minimum absolute atomic E-state index is 0.398. The van der Waals surface area contributed by atoms with E-state index < -0.39 is 0 Å². The van der Waals surface area contributed by atoms with Crippen LogP contribution in [0.2, 0.25) is 0 Å². The quantitative estimate of drug-likeness (QED) is 0.815. The Hall–Kier alpha value is -0.760. The molecule has 1 aromatic heterocycles. The number of furan rings is 1. The molecule has 0 aromatic carbocycles. The second kappa shape index (κ2) is 5.53. The zero-order valence-corrected chi connectivity index (χ0v) is 10.4. The SMILES string of the molecule is CC(CC1CCCC1)NC(C)c1ccoc1. The van der Waals surface area contributed by atoms with Crippen molar-refractivity contribution in [1.29, 1.82) is 0 Å². The molecule has 1 aliphatic rings. The smallest absolute Gasteiger partial charge is 0.0950 e. The van der Waals surface area contributed by atoms with Gasteiger partial charge in [-0.25, -0.2) is 0 Å². The van der Waals surface area contributed by atoms with E-state index in [2.05, 4.69) is 19.2 Å². The van der Waals surface area contributed by atoms with E-state index in [0.717, 1.165) is 5.92 Å². The van der Waals surface area contributed by atoms with Gasteiger partial charge in [0.2, 0.25) is 0 Å². The Bertz CT molecular complexity index is 288. The van der Waals surface area contributed by atoms with E-state index in [1.54, 1.807) is 6.26 Å². The summed E-state index contributed by atoms with van der Waals surface area (Å²) in [5.41, 5.74) is 1.25. The first-order chi connectivity index (χ1) is 7.75. The topological polar surface area (TPSA) is 25.2 Å². The normalized spacial score (nSPS) is 21.1. The average Bonchev–Trinajstić information content (AvgIpc) is 2.88. The molecule has 0 aliphatic heterocycles. The van der Waals surface area contributed by atoms with Crippen LogP contribution in [-0.4, -0.2) is 6.04 Å². The summed E-state index contributed by atoms with van der Waals surface area (Å²) < 4.78 is 5.11. The Labute approximate surface area is 98.4 Å². The second-order valence-electron chi connectivity index (χ2n) is 5.23. The summed E-state index contributed by atoms with van der Waals surface area (Å²) in [6.07, 6.45) is 10.7. The van der Waals surface area contributed by atoms with Gasteiger partial charge in [0.1, 0.15) is 0 Å². The largest absolute Gasteiger partial charge is 0.472 e. The minimum Gasteiger partial charge on any atom is -0.472 e. The average molecular weight is 221 g/mol. The number of hydrogen-bond donors (Lipinski definition) is 1. The van der Waals surface area contributed by atoms with Crippen LogP contribution >= 0.6 is 0 Å². The van der Waals surface area contributed by atoms with Gasteiger partial charge in [-0.15, -0.1) is 0 Å². The van der Waals surface area contributed by atoms with Crippen LogP contribution in [0.15, 0.2) is 23.0 Å². The predicted octanol–water partition coefficient (Wildman–Crippen LogP) is 3.90. The van der Waals surface area contributed by atoms with Gasteiger partial charge >= 0.3 is 0 Å². The molecule has 1 N–H and O–H groups in total. The molecule has 16 heavy (non-hydrogen) atoms. The van der Waals surface area contributed by atoms with E-state index in [1.165, 1.54) is 37.7 Å². The molecule has 2 rings (SSSR count). The fourth-order valence-corrected chi connectivity index (χ4v) is 2.86. The van der Waals surface area contributed by atoms with Crippen LogP contribution in [0.4, 0.5) is 0 Å². The van der Waals surface area contributed by atoms with E-state index in [-0.39, 0.29) is 0 Å². The zero-order chi connectivity index (χ0) is 11.4. The van der Waals surface area contributed by atoms with Gasteiger partial charge in [0, 0.05) is 17.6 Å². The molecule has 1 aliphatic carbocycles. The van der Waals surface area contributed by atoms with Crippen molar-refractivity contribution in [3.05, 3.63) is 24.2 Å². The molecule has 1 fully saturated rings. The van der Waals surface area contributed by atoms with Crippen LogP contribution in [0.25, 0.3) is 0 Å². The molecule has 0 spiro atoms. The third-order valence-electron chi connectivity index (χ3n) is 3.74. The second-order valence-corrected chi connectivity index (χ2v) is 5.23. The number of hydrogen-bond acceptors (Lipinski definition) is 2. The van der Waals surface area contributed by atoms with Crippen molar-refractivity contribution in [3.63, 3.8) is 0 Å². The molecule has 1 aromatic rings. The molecule has 0 amide bonds. The third-order valence-corrected chi connectivity index (χ3v) is 3.74. The maximum Gasteiger partial charge on any atom is 0.0950 e. The zero-order valence-electron chi connectivity index (χ0n) is 10.4. The number of nitrogens with one attached hydrogen (secondary N) is 1. The predicted molar refractivity (Wildman–Crippen MR) is 66.3 cm³/mol. The molecular weight excluding hydrogens is 198 g/mol. The maximum absolute atomic E-state index is 5.11. The molecule has 2 heteroatoms. The molecule has 2 atom stereocenters. The Balaban J connectivity index is 1.75. The molecule has 0 radical (unpaired) electrons. The van der Waals surface area contributed by atoms with Gasteiger partial charge in [-0.3, -0.25) is 0 Å². The summed E-state index contributed by atoms with van der Waals surface area (Å²) in [5, 5.41) is 3.65. The van der Waals surface area contributed by atoms with E-state index >= 15 is 0 Å². The lowest BCUT2D eigenvalue weighted by Crippen LogP contribution is -2.30. The van der Waals surface area contributed by atoms with E-state index in [0.29, 0.717) is 12.1 Å². The Morgan fingerprint density at radius 3 is 2.75 bits per heavy atom. The molecule has 2 nitrogen and oxygen atoms in total. The molecule has 90 valence electrons. The summed E-state index contributed by atoms with van der Waals surface area (Å²) in [6.45, 7) is 4.50. The van der Waals surface area contributed by atoms with Crippen molar-refractivity contribution in [1.82, 2.24) is 5.32 Å². The lowest BCUT2D eigenvalue weighted by atomic mass is 9.98. The minimum atomic E-state index is 0.398. The molecular formula is C14H23NO. The molecule has 1 heterocycles. The molecule has 0 bridgehead atoms. The van der Waals surface area contributed by atoms with Gasteiger partial charge in [-0.2, -0.15) is 0 Å². The monoisotopic (exact) mass is 221 g/mol. The lowest BCUT2D eigenvalue weighted by Gasteiger charge is -2.21. The Morgan fingerprint density at radius 2 is 2.12 bits per heavy atom. The first kappa shape index (κ1) is 11.7. The van der Waals surface area contributed by atoms with Crippen molar-refractivity contribution >= 4 is 0 Å². The molecule has 2 unspecified atom stereocenters. The fourth-order valence-electron chi connectivity index (χ4n) is 2.86. The summed E-state index contributed by atoms with van der Waals surface area (Å²) in [4.78, 5) is 0. The van der Waals surface area contributed by atoms with Crippen molar-refractivity contribution in [2.75, 3.05) is 0 Å². The molecule has 1 saturated carbocycles. The Morgan fingerprint density at radius 1 is 1.38 bits per heavy atom. The van der Waals surface area contributed by atoms with Crippen LogP contribution in [0.3, 0.4) is 0 Å². The van der Waals surface area contributed by atoms with Gasteiger partial charge in [0.05, 0.1) is 12.5 Å². The van der Waals surface area contributed by atoms with Crippen LogP contribution in [-0.2, 0) is 0 Å². The highest BCUT2D eigenvalue weighted by Gasteiger charge is 2.19. The van der Waals surface area contributed by atoms with Crippen LogP contribution in [0.5, 0.6) is 0 Å². The van der Waals surface area contributed by atoms with Crippen molar-refractivity contribution in [2.45, 2.75) is 58.0 Å². The van der Waals surface area contributed by atoms with Crippen molar-refractivity contribution in [3.8, 4) is 0 Å². The van der Waals surface area contributed by atoms with E-state index in [1.807, 2.05) is 12.3 Å². The lowest BCUT2D eigenvalue weighted by molar-refractivity contribution is 0.378. The maximum atomic E-state index is 5.11.